The molecule has 0 atom stereocenters. The average molecular weight is 256 g/mol. The maximum Gasteiger partial charge on any atom is 0.220 e. The van der Waals surface area contributed by atoms with Gasteiger partial charge in [-0.2, -0.15) is 0 Å². The monoisotopic (exact) mass is 255 g/mol. The molecule has 0 spiro atoms. The van der Waals surface area contributed by atoms with Crippen LogP contribution in [0, 0.1) is 6.92 Å². The first kappa shape index (κ1) is 11.2. The third-order valence-corrected chi connectivity index (χ3v) is 2.85. The number of amides is 1. The molecule has 3 heteroatoms. The molecule has 1 rings (SSSR count). The zero-order valence-corrected chi connectivity index (χ0v) is 10.0. The van der Waals surface area contributed by atoms with E-state index in [0.29, 0.717) is 6.42 Å². The number of halogens is 1. The SMILES string of the molecule is CNC(=O)CCc1ccc(C)cc1Br. The highest BCUT2D eigenvalue weighted by molar-refractivity contribution is 9.10. The van der Waals surface area contributed by atoms with Crippen LogP contribution in [0.3, 0.4) is 0 Å². The van der Waals surface area contributed by atoms with E-state index in [-0.39, 0.29) is 5.91 Å². The lowest BCUT2D eigenvalue weighted by Crippen LogP contribution is -2.17. The summed E-state index contributed by atoms with van der Waals surface area (Å²) in [5.74, 6) is 0.0810. The Balaban J connectivity index is 2.63. The zero-order valence-electron chi connectivity index (χ0n) is 8.43. The third kappa shape index (κ3) is 3.14. The maximum atomic E-state index is 11.0. The summed E-state index contributed by atoms with van der Waals surface area (Å²) in [4.78, 5) is 11.0. The molecule has 0 aromatic heterocycles. The van der Waals surface area contributed by atoms with Crippen LogP contribution in [0.4, 0.5) is 0 Å². The van der Waals surface area contributed by atoms with Crippen LogP contribution < -0.4 is 5.32 Å². The molecule has 0 aliphatic carbocycles. The van der Waals surface area contributed by atoms with E-state index in [9.17, 15) is 4.79 Å². The normalized spacial score (nSPS) is 9.93. The summed E-state index contributed by atoms with van der Waals surface area (Å²) in [6, 6.07) is 6.19. The van der Waals surface area contributed by atoms with Gasteiger partial charge in [0, 0.05) is 17.9 Å². The van der Waals surface area contributed by atoms with Gasteiger partial charge in [-0.1, -0.05) is 28.1 Å². The number of nitrogens with one attached hydrogen (secondary N) is 1. The molecule has 1 amide bonds. The number of carbonyl (C=O) groups is 1. The lowest BCUT2D eigenvalue weighted by Gasteiger charge is -2.04. The van der Waals surface area contributed by atoms with Gasteiger partial charge in [0.05, 0.1) is 0 Å². The Bertz CT molecular complexity index is 336. The molecule has 0 aliphatic heterocycles. The second-order valence-electron chi connectivity index (χ2n) is 3.27. The van der Waals surface area contributed by atoms with Crippen molar-refractivity contribution in [3.05, 3.63) is 33.8 Å². The number of aryl methyl sites for hydroxylation is 2. The van der Waals surface area contributed by atoms with E-state index in [0.717, 1.165) is 10.9 Å². The Morgan fingerprint density at radius 2 is 2.21 bits per heavy atom. The molecule has 0 fully saturated rings. The Morgan fingerprint density at radius 1 is 1.50 bits per heavy atom. The van der Waals surface area contributed by atoms with Crippen LogP contribution >= 0.6 is 15.9 Å². The number of rotatable bonds is 3. The van der Waals surface area contributed by atoms with Gasteiger partial charge in [-0.15, -0.1) is 0 Å². The summed E-state index contributed by atoms with van der Waals surface area (Å²) in [5.41, 5.74) is 2.40. The van der Waals surface area contributed by atoms with Crippen molar-refractivity contribution in [1.29, 1.82) is 0 Å². The van der Waals surface area contributed by atoms with Gasteiger partial charge < -0.3 is 5.32 Å². The molecule has 0 heterocycles. The molecule has 2 nitrogen and oxygen atoms in total. The number of carbonyl (C=O) groups excluding carboxylic acids is 1. The molecule has 0 bridgehead atoms. The minimum Gasteiger partial charge on any atom is -0.359 e. The maximum absolute atomic E-state index is 11.0. The Labute approximate surface area is 92.8 Å². The van der Waals surface area contributed by atoms with Gasteiger partial charge in [-0.05, 0) is 30.5 Å². The second kappa shape index (κ2) is 5.15. The molecule has 0 unspecified atom stereocenters. The van der Waals surface area contributed by atoms with Gasteiger partial charge in [0.2, 0.25) is 5.91 Å². The van der Waals surface area contributed by atoms with Crippen molar-refractivity contribution in [3.8, 4) is 0 Å². The molecule has 1 aromatic rings. The van der Waals surface area contributed by atoms with Gasteiger partial charge in [0.25, 0.3) is 0 Å². The van der Waals surface area contributed by atoms with Crippen LogP contribution in [0.1, 0.15) is 17.5 Å². The second-order valence-corrected chi connectivity index (χ2v) is 4.12. The summed E-state index contributed by atoms with van der Waals surface area (Å²) >= 11 is 3.49. The predicted octanol–water partition coefficient (Wildman–Crippen LogP) is 2.44. The molecule has 1 aromatic carbocycles. The van der Waals surface area contributed by atoms with Crippen molar-refractivity contribution in [1.82, 2.24) is 5.32 Å². The van der Waals surface area contributed by atoms with E-state index in [1.807, 2.05) is 6.92 Å². The van der Waals surface area contributed by atoms with Crippen LogP contribution in [-0.2, 0) is 11.2 Å². The molecule has 0 saturated heterocycles. The van der Waals surface area contributed by atoms with E-state index in [2.05, 4.69) is 39.4 Å². The molecule has 0 radical (unpaired) electrons. The van der Waals surface area contributed by atoms with E-state index >= 15 is 0 Å². The summed E-state index contributed by atoms with van der Waals surface area (Å²) in [7, 11) is 1.66. The quantitative estimate of drug-likeness (QED) is 0.884. The highest BCUT2D eigenvalue weighted by Gasteiger charge is 2.03. The first-order valence-electron chi connectivity index (χ1n) is 4.59. The van der Waals surface area contributed by atoms with Crippen LogP contribution in [0.25, 0.3) is 0 Å². The van der Waals surface area contributed by atoms with E-state index in [4.69, 9.17) is 0 Å². The van der Waals surface area contributed by atoms with Gasteiger partial charge in [-0.3, -0.25) is 4.79 Å². The van der Waals surface area contributed by atoms with Gasteiger partial charge in [0.15, 0.2) is 0 Å². The van der Waals surface area contributed by atoms with Gasteiger partial charge in [-0.25, -0.2) is 0 Å². The average Bonchev–Trinajstić information content (AvgIpc) is 2.16. The minimum absolute atomic E-state index is 0.0810. The van der Waals surface area contributed by atoms with Crippen LogP contribution in [0.5, 0.6) is 0 Å². The van der Waals surface area contributed by atoms with Crippen molar-refractivity contribution >= 4 is 21.8 Å². The predicted molar refractivity (Wildman–Crippen MR) is 61.3 cm³/mol. The fourth-order valence-electron chi connectivity index (χ4n) is 1.23. The van der Waals surface area contributed by atoms with Crippen molar-refractivity contribution < 1.29 is 4.79 Å². The lowest BCUT2D eigenvalue weighted by molar-refractivity contribution is -0.120. The molecule has 76 valence electrons. The molecule has 0 aliphatic rings. The molecule has 14 heavy (non-hydrogen) atoms. The fourth-order valence-corrected chi connectivity index (χ4v) is 1.92. The first-order chi connectivity index (χ1) is 6.63. The zero-order chi connectivity index (χ0) is 10.6. The Hall–Kier alpha value is -0.830. The highest BCUT2D eigenvalue weighted by atomic mass is 79.9. The highest BCUT2D eigenvalue weighted by Crippen LogP contribution is 2.19. The van der Waals surface area contributed by atoms with Gasteiger partial charge >= 0.3 is 0 Å². The van der Waals surface area contributed by atoms with Crippen molar-refractivity contribution in [2.24, 2.45) is 0 Å². The van der Waals surface area contributed by atoms with Crippen molar-refractivity contribution in [2.75, 3.05) is 7.05 Å². The fraction of sp³-hybridized carbons (Fsp3) is 0.364. The Kier molecular flexibility index (Phi) is 4.14. The lowest BCUT2D eigenvalue weighted by atomic mass is 10.1. The largest absolute Gasteiger partial charge is 0.359 e. The minimum atomic E-state index is 0.0810. The van der Waals surface area contributed by atoms with Crippen LogP contribution in [0.2, 0.25) is 0 Å². The molecule has 0 saturated carbocycles. The van der Waals surface area contributed by atoms with Crippen LogP contribution in [-0.4, -0.2) is 13.0 Å². The number of benzene rings is 1. The number of hydrogen-bond acceptors (Lipinski definition) is 1. The van der Waals surface area contributed by atoms with E-state index < -0.39 is 0 Å². The van der Waals surface area contributed by atoms with Crippen molar-refractivity contribution in [3.63, 3.8) is 0 Å². The summed E-state index contributed by atoms with van der Waals surface area (Å²) in [6.07, 6.45) is 1.32. The third-order valence-electron chi connectivity index (χ3n) is 2.11. The number of hydrogen-bond donors (Lipinski definition) is 1. The molecule has 1 N–H and O–H groups in total. The van der Waals surface area contributed by atoms with E-state index in [1.165, 1.54) is 11.1 Å². The van der Waals surface area contributed by atoms with E-state index in [1.54, 1.807) is 7.05 Å². The summed E-state index contributed by atoms with van der Waals surface area (Å²) in [5, 5.41) is 2.61. The molecular formula is C11H14BrNO. The van der Waals surface area contributed by atoms with Gasteiger partial charge in [0.1, 0.15) is 0 Å². The standard InChI is InChI=1S/C11H14BrNO/c1-8-3-4-9(10(12)7-8)5-6-11(14)13-2/h3-4,7H,5-6H2,1-2H3,(H,13,14). The first-order valence-corrected chi connectivity index (χ1v) is 5.38. The summed E-state index contributed by atoms with van der Waals surface area (Å²) in [6.45, 7) is 2.05. The van der Waals surface area contributed by atoms with Crippen LogP contribution in [0.15, 0.2) is 22.7 Å². The Morgan fingerprint density at radius 3 is 2.79 bits per heavy atom. The summed E-state index contributed by atoms with van der Waals surface area (Å²) < 4.78 is 1.08. The smallest absolute Gasteiger partial charge is 0.220 e. The molecular weight excluding hydrogens is 242 g/mol. The van der Waals surface area contributed by atoms with Crippen molar-refractivity contribution in [2.45, 2.75) is 19.8 Å². The topological polar surface area (TPSA) is 29.1 Å².